The SMILES string of the molecule is Cc1cc(C2C(c3ccccn3)NC(=S)N2c2ccc(N3CCC(C)CC3)c(Cl)c2)c(C)n1-c1ccc(N2CCOCC2)cc1. The first-order chi connectivity index (χ1) is 21.9. The van der Waals surface area contributed by atoms with E-state index >= 15 is 0 Å². The summed E-state index contributed by atoms with van der Waals surface area (Å²) < 4.78 is 7.90. The van der Waals surface area contributed by atoms with Crippen molar-refractivity contribution in [1.82, 2.24) is 14.9 Å². The van der Waals surface area contributed by atoms with Crippen LogP contribution < -0.4 is 20.0 Å². The Bertz CT molecular complexity index is 1660. The number of hydrogen-bond acceptors (Lipinski definition) is 5. The van der Waals surface area contributed by atoms with Crippen LogP contribution in [0.25, 0.3) is 5.69 Å². The van der Waals surface area contributed by atoms with Crippen molar-refractivity contribution in [2.75, 3.05) is 54.1 Å². The highest BCUT2D eigenvalue weighted by molar-refractivity contribution is 7.80. The molecule has 5 heterocycles. The van der Waals surface area contributed by atoms with Gasteiger partial charge in [0.05, 0.1) is 41.7 Å². The van der Waals surface area contributed by atoms with Gasteiger partial charge in [-0.1, -0.05) is 24.6 Å². The summed E-state index contributed by atoms with van der Waals surface area (Å²) in [5.74, 6) is 0.762. The molecule has 7 rings (SSSR count). The molecule has 0 bridgehead atoms. The van der Waals surface area contributed by atoms with Crippen LogP contribution in [0.4, 0.5) is 17.1 Å². The van der Waals surface area contributed by atoms with Crippen molar-refractivity contribution in [2.45, 2.75) is 45.7 Å². The number of halogens is 1. The number of hydrogen-bond donors (Lipinski definition) is 1. The number of morpholine rings is 1. The average molecular weight is 641 g/mol. The smallest absolute Gasteiger partial charge is 0.174 e. The Morgan fingerprint density at radius 1 is 0.867 bits per heavy atom. The van der Waals surface area contributed by atoms with Gasteiger partial charge in [0.15, 0.2) is 5.11 Å². The summed E-state index contributed by atoms with van der Waals surface area (Å²) in [7, 11) is 0. The molecule has 2 unspecified atom stereocenters. The Kier molecular flexibility index (Phi) is 8.46. The summed E-state index contributed by atoms with van der Waals surface area (Å²) in [5.41, 5.74) is 8.97. The molecule has 45 heavy (non-hydrogen) atoms. The van der Waals surface area contributed by atoms with Gasteiger partial charge >= 0.3 is 0 Å². The van der Waals surface area contributed by atoms with Crippen LogP contribution in [-0.4, -0.2) is 54.1 Å². The van der Waals surface area contributed by atoms with Gasteiger partial charge in [0.2, 0.25) is 0 Å². The van der Waals surface area contributed by atoms with E-state index in [2.05, 4.69) is 100.0 Å². The standard InChI is InChI=1S/C36H41ClN6OS/c1-24-13-16-41(17-14-24)33-12-11-29(23-31(33)37)43-35(34(39-36(43)45)32-6-4-5-15-38-32)30-22-25(2)42(26(30)3)28-9-7-27(8-10-28)40-18-20-44-21-19-40/h4-12,15,22-24,34-35H,13-14,16-21H2,1-3H3,(H,39,45). The molecule has 1 N–H and O–H groups in total. The van der Waals surface area contributed by atoms with Crippen molar-refractivity contribution in [3.63, 3.8) is 0 Å². The van der Waals surface area contributed by atoms with Gasteiger partial charge < -0.3 is 29.3 Å². The number of thiocarbonyl (C=S) groups is 1. The molecule has 3 fully saturated rings. The Morgan fingerprint density at radius 2 is 1.58 bits per heavy atom. The lowest BCUT2D eigenvalue weighted by Gasteiger charge is -2.33. The van der Waals surface area contributed by atoms with Crippen LogP contribution in [0, 0.1) is 19.8 Å². The van der Waals surface area contributed by atoms with Crippen LogP contribution in [-0.2, 0) is 4.74 Å². The highest BCUT2D eigenvalue weighted by Crippen LogP contribution is 2.45. The minimum Gasteiger partial charge on any atom is -0.378 e. The third kappa shape index (κ3) is 5.80. The maximum atomic E-state index is 7.02. The van der Waals surface area contributed by atoms with E-state index in [1.165, 1.54) is 35.5 Å². The molecule has 9 heteroatoms. The monoisotopic (exact) mass is 640 g/mol. The summed E-state index contributed by atoms with van der Waals surface area (Å²) in [6.07, 6.45) is 4.24. The summed E-state index contributed by atoms with van der Waals surface area (Å²) in [4.78, 5) is 11.8. The van der Waals surface area contributed by atoms with Crippen molar-refractivity contribution >= 4 is 46.0 Å². The zero-order valence-corrected chi connectivity index (χ0v) is 27.8. The molecule has 0 spiro atoms. The highest BCUT2D eigenvalue weighted by Gasteiger charge is 2.42. The molecule has 3 saturated heterocycles. The van der Waals surface area contributed by atoms with Crippen LogP contribution in [0.15, 0.2) is 72.9 Å². The van der Waals surface area contributed by atoms with Gasteiger partial charge in [-0.05, 0) is 111 Å². The van der Waals surface area contributed by atoms with Gasteiger partial charge in [-0.3, -0.25) is 4.98 Å². The fourth-order valence-electron chi connectivity index (χ4n) is 7.22. The Labute approximate surface area is 276 Å². The van der Waals surface area contributed by atoms with Gasteiger partial charge in [0.25, 0.3) is 0 Å². The number of nitrogens with one attached hydrogen (secondary N) is 1. The van der Waals surface area contributed by atoms with Crippen molar-refractivity contribution in [3.05, 3.63) is 101 Å². The molecule has 0 amide bonds. The molecular formula is C36H41ClN6OS. The Hall–Kier alpha value is -3.59. The second-order valence-electron chi connectivity index (χ2n) is 12.6. The van der Waals surface area contributed by atoms with Gasteiger partial charge in [-0.25, -0.2) is 0 Å². The fraction of sp³-hybridized carbons (Fsp3) is 0.389. The number of piperidine rings is 1. The highest BCUT2D eigenvalue weighted by atomic mass is 35.5. The van der Waals surface area contributed by atoms with Crippen LogP contribution in [0.2, 0.25) is 5.02 Å². The lowest BCUT2D eigenvalue weighted by molar-refractivity contribution is 0.122. The molecule has 0 radical (unpaired) electrons. The van der Waals surface area contributed by atoms with Crippen molar-refractivity contribution < 1.29 is 4.74 Å². The number of anilines is 3. The Morgan fingerprint density at radius 3 is 2.27 bits per heavy atom. The summed E-state index contributed by atoms with van der Waals surface area (Å²) in [6, 6.07) is 23.4. The van der Waals surface area contributed by atoms with E-state index in [0.29, 0.717) is 5.11 Å². The van der Waals surface area contributed by atoms with Crippen molar-refractivity contribution in [3.8, 4) is 5.69 Å². The molecule has 0 saturated carbocycles. The number of ether oxygens (including phenoxy) is 1. The van der Waals surface area contributed by atoms with Gasteiger partial charge in [0.1, 0.15) is 0 Å². The molecule has 3 aliphatic rings. The first-order valence-electron chi connectivity index (χ1n) is 16.1. The number of pyridine rings is 1. The zero-order chi connectivity index (χ0) is 31.1. The van der Waals surface area contributed by atoms with E-state index in [0.717, 1.165) is 73.1 Å². The lowest BCUT2D eigenvalue weighted by atomic mass is 9.96. The number of benzene rings is 2. The largest absolute Gasteiger partial charge is 0.378 e. The lowest BCUT2D eigenvalue weighted by Crippen LogP contribution is -2.36. The predicted molar refractivity (Wildman–Crippen MR) is 188 cm³/mol. The number of rotatable bonds is 6. The topological polar surface area (TPSA) is 48.8 Å². The molecule has 2 atom stereocenters. The van der Waals surface area contributed by atoms with Crippen LogP contribution >= 0.6 is 23.8 Å². The minimum atomic E-state index is -0.126. The second-order valence-corrected chi connectivity index (χ2v) is 13.4. The average Bonchev–Trinajstić information content (AvgIpc) is 3.56. The molecular weight excluding hydrogens is 600 g/mol. The molecule has 0 aliphatic carbocycles. The molecule has 4 aromatic rings. The minimum absolute atomic E-state index is 0.113. The van der Waals surface area contributed by atoms with E-state index in [1.807, 2.05) is 18.3 Å². The molecule has 7 nitrogen and oxygen atoms in total. The molecule has 234 valence electrons. The third-order valence-electron chi connectivity index (χ3n) is 9.70. The number of aryl methyl sites for hydroxylation is 1. The van der Waals surface area contributed by atoms with E-state index in [9.17, 15) is 0 Å². The first-order valence-corrected chi connectivity index (χ1v) is 16.8. The van der Waals surface area contributed by atoms with Crippen LogP contribution in [0.5, 0.6) is 0 Å². The van der Waals surface area contributed by atoms with Gasteiger partial charge in [0, 0.05) is 60.8 Å². The molecule has 3 aliphatic heterocycles. The van der Waals surface area contributed by atoms with E-state index in [4.69, 9.17) is 33.5 Å². The summed E-state index contributed by atoms with van der Waals surface area (Å²) in [6.45, 7) is 12.2. The van der Waals surface area contributed by atoms with E-state index in [-0.39, 0.29) is 12.1 Å². The second kappa shape index (κ2) is 12.7. The molecule has 2 aromatic carbocycles. The van der Waals surface area contributed by atoms with Crippen LogP contribution in [0.3, 0.4) is 0 Å². The fourth-order valence-corrected chi connectivity index (χ4v) is 7.86. The maximum absolute atomic E-state index is 7.02. The predicted octanol–water partition coefficient (Wildman–Crippen LogP) is 7.39. The maximum Gasteiger partial charge on any atom is 0.174 e. The zero-order valence-electron chi connectivity index (χ0n) is 26.2. The van der Waals surface area contributed by atoms with E-state index in [1.54, 1.807) is 0 Å². The normalized spacial score (nSPS) is 21.0. The number of aromatic nitrogens is 2. The van der Waals surface area contributed by atoms with Crippen molar-refractivity contribution in [2.24, 2.45) is 5.92 Å². The van der Waals surface area contributed by atoms with Crippen molar-refractivity contribution in [1.29, 1.82) is 0 Å². The molecule has 2 aromatic heterocycles. The van der Waals surface area contributed by atoms with Gasteiger partial charge in [-0.2, -0.15) is 0 Å². The summed E-state index contributed by atoms with van der Waals surface area (Å²) in [5, 5.41) is 5.06. The third-order valence-corrected chi connectivity index (χ3v) is 10.3. The van der Waals surface area contributed by atoms with Crippen LogP contribution in [0.1, 0.15) is 54.5 Å². The Balaban J connectivity index is 1.26. The summed E-state index contributed by atoms with van der Waals surface area (Å²) >= 11 is 13.1. The quantitative estimate of drug-likeness (QED) is 0.221. The first kappa shape index (κ1) is 30.1. The van der Waals surface area contributed by atoms with E-state index < -0.39 is 0 Å². The number of nitrogens with zero attached hydrogens (tertiary/aromatic N) is 5. The van der Waals surface area contributed by atoms with Gasteiger partial charge in [-0.15, -0.1) is 0 Å².